The summed E-state index contributed by atoms with van der Waals surface area (Å²) in [4.78, 5) is 4.56. The van der Waals surface area contributed by atoms with Crippen LogP contribution in [0.4, 0.5) is 0 Å². The molecule has 3 nitrogen and oxygen atoms in total. The van der Waals surface area contributed by atoms with Gasteiger partial charge in [0.15, 0.2) is 5.17 Å². The second-order valence-electron chi connectivity index (χ2n) is 6.09. The number of amidine groups is 1. The van der Waals surface area contributed by atoms with Crippen LogP contribution in [-0.4, -0.2) is 37.2 Å². The fourth-order valence-corrected chi connectivity index (χ4v) is 3.27. The molecule has 17 heavy (non-hydrogen) atoms. The normalized spacial score (nSPS) is 22.4. The Morgan fingerprint density at radius 2 is 2.24 bits per heavy atom. The fraction of sp³-hybridized carbons (Fsp3) is 0.923. The maximum Gasteiger partial charge on any atom is 0.156 e. The van der Waals surface area contributed by atoms with Crippen LogP contribution in [0.2, 0.25) is 0 Å². The monoisotopic (exact) mass is 258 g/mol. The molecule has 1 aliphatic rings. The van der Waals surface area contributed by atoms with E-state index in [2.05, 4.69) is 38.0 Å². The molecule has 0 saturated carbocycles. The Morgan fingerprint density at radius 1 is 1.53 bits per heavy atom. The van der Waals surface area contributed by atoms with Gasteiger partial charge in [-0.3, -0.25) is 4.99 Å². The number of nitrogens with one attached hydrogen (secondary N) is 1. The standard InChI is InChI=1S/C13H26N2OS/c1-10(9-16-5)7-14-12-15-8-11(17-12)6-13(2,3)4/h10-11H,6-9H2,1-5H3,(H,14,15). The molecule has 0 bridgehead atoms. The third-order valence-corrected chi connectivity index (χ3v) is 3.76. The molecule has 0 spiro atoms. The molecule has 0 radical (unpaired) electrons. The summed E-state index contributed by atoms with van der Waals surface area (Å²) in [5, 5.41) is 5.18. The maximum absolute atomic E-state index is 5.12. The van der Waals surface area contributed by atoms with Gasteiger partial charge in [-0.2, -0.15) is 0 Å². The highest BCUT2D eigenvalue weighted by Crippen LogP contribution is 2.31. The first kappa shape index (κ1) is 14.8. The summed E-state index contributed by atoms with van der Waals surface area (Å²) in [6.45, 7) is 11.8. The van der Waals surface area contributed by atoms with Crippen molar-refractivity contribution in [2.45, 2.75) is 39.4 Å². The fourth-order valence-electron chi connectivity index (χ4n) is 1.91. The Hall–Kier alpha value is -0.220. The second-order valence-corrected chi connectivity index (χ2v) is 7.38. The number of hydrogen-bond acceptors (Lipinski definition) is 4. The first-order chi connectivity index (χ1) is 7.90. The lowest BCUT2D eigenvalue weighted by molar-refractivity contribution is 0.161. The average Bonchev–Trinajstić information content (AvgIpc) is 2.60. The Morgan fingerprint density at radius 3 is 2.82 bits per heavy atom. The maximum atomic E-state index is 5.12. The SMILES string of the molecule is COCC(C)CNC1=NCC(CC(C)(C)C)S1. The van der Waals surface area contributed by atoms with Crippen LogP contribution < -0.4 is 5.32 Å². The number of aliphatic imine (C=N–C) groups is 1. The third kappa shape index (κ3) is 6.32. The van der Waals surface area contributed by atoms with Crippen LogP contribution in [0.1, 0.15) is 34.1 Å². The number of hydrogen-bond donors (Lipinski definition) is 1. The van der Waals surface area contributed by atoms with Crippen LogP contribution in [0.3, 0.4) is 0 Å². The van der Waals surface area contributed by atoms with Gasteiger partial charge < -0.3 is 10.1 Å². The third-order valence-electron chi connectivity index (χ3n) is 2.61. The van der Waals surface area contributed by atoms with Crippen molar-refractivity contribution in [3.05, 3.63) is 0 Å². The van der Waals surface area contributed by atoms with E-state index in [0.717, 1.165) is 24.9 Å². The lowest BCUT2D eigenvalue weighted by Gasteiger charge is -2.21. The van der Waals surface area contributed by atoms with Crippen molar-refractivity contribution in [1.82, 2.24) is 5.32 Å². The van der Waals surface area contributed by atoms with Crippen molar-refractivity contribution >= 4 is 16.9 Å². The number of methoxy groups -OCH3 is 1. The van der Waals surface area contributed by atoms with Crippen LogP contribution in [0.25, 0.3) is 0 Å². The lowest BCUT2D eigenvalue weighted by atomic mass is 9.90. The molecule has 4 heteroatoms. The minimum Gasteiger partial charge on any atom is -0.384 e. The van der Waals surface area contributed by atoms with Gasteiger partial charge in [0, 0.05) is 18.9 Å². The summed E-state index contributed by atoms with van der Waals surface area (Å²) >= 11 is 1.90. The Kier molecular flexibility index (Phi) is 5.80. The summed E-state index contributed by atoms with van der Waals surface area (Å²) < 4.78 is 5.12. The van der Waals surface area contributed by atoms with Crippen LogP contribution in [0.15, 0.2) is 4.99 Å². The smallest absolute Gasteiger partial charge is 0.156 e. The molecule has 1 rings (SSSR count). The van der Waals surface area contributed by atoms with Crippen molar-refractivity contribution < 1.29 is 4.74 Å². The van der Waals surface area contributed by atoms with Gasteiger partial charge in [-0.25, -0.2) is 0 Å². The topological polar surface area (TPSA) is 33.6 Å². The first-order valence-electron chi connectivity index (χ1n) is 6.34. The average molecular weight is 258 g/mol. The molecule has 1 aliphatic heterocycles. The molecule has 1 N–H and O–H groups in total. The van der Waals surface area contributed by atoms with Crippen LogP contribution >= 0.6 is 11.8 Å². The van der Waals surface area contributed by atoms with E-state index in [1.807, 2.05) is 11.8 Å². The highest BCUT2D eigenvalue weighted by Gasteiger charge is 2.24. The van der Waals surface area contributed by atoms with Gasteiger partial charge >= 0.3 is 0 Å². The van der Waals surface area contributed by atoms with E-state index < -0.39 is 0 Å². The number of ether oxygens (including phenoxy) is 1. The van der Waals surface area contributed by atoms with Gasteiger partial charge in [0.05, 0.1) is 13.2 Å². The molecule has 2 atom stereocenters. The summed E-state index contributed by atoms with van der Waals surface area (Å²) in [7, 11) is 1.75. The minimum atomic E-state index is 0.395. The zero-order valence-corrected chi connectivity index (χ0v) is 12.6. The lowest BCUT2D eigenvalue weighted by Crippen LogP contribution is -2.27. The van der Waals surface area contributed by atoms with Gasteiger partial charge in [-0.1, -0.05) is 39.5 Å². The molecule has 0 saturated heterocycles. The quantitative estimate of drug-likeness (QED) is 0.823. The van der Waals surface area contributed by atoms with Crippen LogP contribution in [0, 0.1) is 11.3 Å². The van der Waals surface area contributed by atoms with Gasteiger partial charge in [-0.05, 0) is 17.8 Å². The van der Waals surface area contributed by atoms with Crippen LogP contribution in [0.5, 0.6) is 0 Å². The van der Waals surface area contributed by atoms with Gasteiger partial charge in [0.1, 0.15) is 0 Å². The summed E-state index contributed by atoms with van der Waals surface area (Å²) in [6.07, 6.45) is 1.22. The Balaban J connectivity index is 2.21. The van der Waals surface area contributed by atoms with Crippen molar-refractivity contribution in [3.63, 3.8) is 0 Å². The highest BCUT2D eigenvalue weighted by atomic mass is 32.2. The minimum absolute atomic E-state index is 0.395. The van der Waals surface area contributed by atoms with Crippen molar-refractivity contribution in [2.75, 3.05) is 26.8 Å². The molecule has 2 unspecified atom stereocenters. The first-order valence-corrected chi connectivity index (χ1v) is 7.22. The van der Waals surface area contributed by atoms with Gasteiger partial charge in [-0.15, -0.1) is 0 Å². The Bertz CT molecular complexity index is 261. The molecule has 0 aromatic heterocycles. The molecule has 0 aromatic carbocycles. The number of thioether (sulfide) groups is 1. The number of nitrogens with zero attached hydrogens (tertiary/aromatic N) is 1. The van der Waals surface area contributed by atoms with Crippen molar-refractivity contribution in [2.24, 2.45) is 16.3 Å². The van der Waals surface area contributed by atoms with E-state index in [4.69, 9.17) is 4.74 Å². The summed E-state index contributed by atoms with van der Waals surface area (Å²) in [5.41, 5.74) is 0.395. The van der Waals surface area contributed by atoms with Gasteiger partial charge in [0.2, 0.25) is 0 Å². The molecule has 0 fully saturated rings. The molecule has 0 aliphatic carbocycles. The molecular formula is C13H26N2OS. The molecule has 100 valence electrons. The zero-order valence-electron chi connectivity index (χ0n) is 11.7. The Labute approximate surface area is 110 Å². The second kappa shape index (κ2) is 6.64. The van der Waals surface area contributed by atoms with Crippen molar-refractivity contribution in [3.8, 4) is 0 Å². The van der Waals surface area contributed by atoms with E-state index in [-0.39, 0.29) is 0 Å². The summed E-state index contributed by atoms with van der Waals surface area (Å²) in [6, 6.07) is 0. The summed E-state index contributed by atoms with van der Waals surface area (Å²) in [5.74, 6) is 0.532. The van der Waals surface area contributed by atoms with E-state index in [9.17, 15) is 0 Å². The largest absolute Gasteiger partial charge is 0.384 e. The highest BCUT2D eigenvalue weighted by molar-refractivity contribution is 8.14. The molecule has 0 amide bonds. The molecule has 1 heterocycles. The van der Waals surface area contributed by atoms with Crippen molar-refractivity contribution in [1.29, 1.82) is 0 Å². The van der Waals surface area contributed by atoms with E-state index in [1.165, 1.54) is 6.42 Å². The van der Waals surface area contributed by atoms with Crippen LogP contribution in [-0.2, 0) is 4.74 Å². The molecule has 0 aromatic rings. The predicted octanol–water partition coefficient (Wildman–Crippen LogP) is 2.77. The zero-order chi connectivity index (χ0) is 12.9. The predicted molar refractivity (Wildman–Crippen MR) is 76.8 cm³/mol. The van der Waals surface area contributed by atoms with Gasteiger partial charge in [0.25, 0.3) is 0 Å². The molecular weight excluding hydrogens is 232 g/mol. The number of rotatable bonds is 5. The van der Waals surface area contributed by atoms with E-state index in [1.54, 1.807) is 7.11 Å². The van der Waals surface area contributed by atoms with E-state index >= 15 is 0 Å². The van der Waals surface area contributed by atoms with E-state index in [0.29, 0.717) is 16.6 Å².